The number of nitrogens with one attached hydrogen (secondary N) is 2. The summed E-state index contributed by atoms with van der Waals surface area (Å²) in [6.45, 7) is 5.57. The third-order valence-corrected chi connectivity index (χ3v) is 8.42. The first kappa shape index (κ1) is 29.0. The van der Waals surface area contributed by atoms with E-state index >= 15 is 0 Å². The van der Waals surface area contributed by atoms with Gasteiger partial charge in [0.05, 0.1) is 13.8 Å². The smallest absolute Gasteiger partial charge is 0.321 e. The summed E-state index contributed by atoms with van der Waals surface area (Å²) >= 11 is 0. The Morgan fingerprint density at radius 1 is 0.905 bits per heavy atom. The van der Waals surface area contributed by atoms with Gasteiger partial charge in [0.2, 0.25) is 5.91 Å². The van der Waals surface area contributed by atoms with E-state index in [1.54, 1.807) is 16.9 Å². The molecule has 0 atom stereocenters. The molecule has 0 saturated carbocycles. The van der Waals surface area contributed by atoms with Gasteiger partial charge in [0.15, 0.2) is 0 Å². The molecular weight excluding hydrogens is 530 g/mol. The molecule has 9 nitrogen and oxygen atoms in total. The predicted octanol–water partition coefficient (Wildman–Crippen LogP) is 4.34. The third kappa shape index (κ3) is 5.91. The number of carbonyl (C=O) groups is 3. The summed E-state index contributed by atoms with van der Waals surface area (Å²) in [7, 11) is 1.63. The summed E-state index contributed by atoms with van der Waals surface area (Å²) in [6, 6.07) is 23.3. The summed E-state index contributed by atoms with van der Waals surface area (Å²) in [6.07, 6.45) is 1.59. The van der Waals surface area contributed by atoms with Crippen LogP contribution in [-0.4, -0.2) is 73.1 Å². The highest BCUT2D eigenvalue weighted by Gasteiger charge is 2.54. The lowest BCUT2D eigenvalue weighted by Crippen LogP contribution is -2.58. The molecule has 5 rings (SSSR count). The number of methoxy groups -OCH3 is 1. The zero-order valence-corrected chi connectivity index (χ0v) is 24.6. The molecule has 2 fully saturated rings. The van der Waals surface area contributed by atoms with Crippen LogP contribution in [0.4, 0.5) is 16.2 Å². The van der Waals surface area contributed by atoms with E-state index < -0.39 is 5.54 Å². The molecule has 0 unspecified atom stereocenters. The van der Waals surface area contributed by atoms with Gasteiger partial charge in [-0.2, -0.15) is 0 Å². The van der Waals surface area contributed by atoms with Gasteiger partial charge in [-0.3, -0.25) is 9.59 Å². The van der Waals surface area contributed by atoms with E-state index in [2.05, 4.69) is 15.5 Å². The first-order valence-electron chi connectivity index (χ1n) is 14.5. The van der Waals surface area contributed by atoms with Gasteiger partial charge >= 0.3 is 6.03 Å². The van der Waals surface area contributed by atoms with E-state index in [-0.39, 0.29) is 24.4 Å². The van der Waals surface area contributed by atoms with Crippen LogP contribution in [0.2, 0.25) is 0 Å². The molecule has 2 saturated heterocycles. The van der Waals surface area contributed by atoms with Crippen molar-refractivity contribution in [2.45, 2.75) is 38.6 Å². The minimum absolute atomic E-state index is 0.0212. The van der Waals surface area contributed by atoms with Crippen LogP contribution in [0, 0.1) is 13.8 Å². The Hall–Kier alpha value is -4.53. The molecule has 9 heteroatoms. The Morgan fingerprint density at radius 2 is 1.57 bits per heavy atom. The average Bonchev–Trinajstić information content (AvgIpc) is 3.26. The summed E-state index contributed by atoms with van der Waals surface area (Å²) in [4.78, 5) is 45.7. The van der Waals surface area contributed by atoms with Crippen LogP contribution in [-0.2, 0) is 16.0 Å². The molecule has 1 spiro atoms. The number of carbonyl (C=O) groups excluding carboxylic acids is 3. The lowest BCUT2D eigenvalue weighted by Gasteiger charge is -2.43. The molecule has 2 heterocycles. The summed E-state index contributed by atoms with van der Waals surface area (Å²) < 4.78 is 5.40. The van der Waals surface area contributed by atoms with Crippen LogP contribution in [0.1, 0.15) is 29.5 Å². The van der Waals surface area contributed by atoms with Crippen molar-refractivity contribution in [3.63, 3.8) is 0 Å². The predicted molar refractivity (Wildman–Crippen MR) is 164 cm³/mol. The zero-order valence-electron chi connectivity index (χ0n) is 24.6. The van der Waals surface area contributed by atoms with Gasteiger partial charge in [-0.15, -0.1) is 0 Å². The molecular formula is C33H39N5O4. The number of anilines is 2. The fourth-order valence-corrected chi connectivity index (χ4v) is 6.08. The number of nitrogens with zero attached hydrogens (tertiary/aromatic N) is 3. The van der Waals surface area contributed by atoms with Crippen LogP contribution < -0.4 is 20.3 Å². The average molecular weight is 570 g/mol. The van der Waals surface area contributed by atoms with Gasteiger partial charge in [-0.05, 0) is 68.0 Å². The lowest BCUT2D eigenvalue weighted by atomic mass is 9.85. The van der Waals surface area contributed by atoms with E-state index in [1.807, 2.05) is 86.6 Å². The van der Waals surface area contributed by atoms with Crippen molar-refractivity contribution in [2.75, 3.05) is 50.2 Å². The molecule has 0 radical (unpaired) electrons. The molecule has 4 amide bonds. The largest absolute Gasteiger partial charge is 0.496 e. The highest BCUT2D eigenvalue weighted by molar-refractivity contribution is 5.97. The number of piperidine rings is 1. The van der Waals surface area contributed by atoms with E-state index in [9.17, 15) is 14.4 Å². The molecule has 2 aliphatic rings. The number of aryl methyl sites for hydroxylation is 2. The normalized spacial score (nSPS) is 16.1. The van der Waals surface area contributed by atoms with Crippen LogP contribution in [0.15, 0.2) is 72.8 Å². The standard InChI is InChI=1S/C33H39N5O4/c1-24-10-9-11-25(2)30(24)35-32(41)36-20-17-33(18-21-36)31(40)37(23-38(33)27-13-5-4-6-14-27)22-29(39)34-19-16-26-12-7-8-15-28(26)42-3/h4-15H,16-23H2,1-3H3,(H,34,39)(H,35,41). The first-order valence-corrected chi connectivity index (χ1v) is 14.5. The van der Waals surface area contributed by atoms with Crippen molar-refractivity contribution < 1.29 is 19.1 Å². The molecule has 0 aliphatic carbocycles. The van der Waals surface area contributed by atoms with Gasteiger partial charge in [-0.25, -0.2) is 4.79 Å². The number of para-hydroxylation sites is 3. The minimum atomic E-state index is -0.811. The number of likely N-dealkylation sites (tertiary alicyclic amines) is 1. The molecule has 2 aliphatic heterocycles. The van der Waals surface area contributed by atoms with Gasteiger partial charge in [-0.1, -0.05) is 54.6 Å². The molecule has 220 valence electrons. The van der Waals surface area contributed by atoms with Crippen LogP contribution in [0.3, 0.4) is 0 Å². The SMILES string of the molecule is COc1ccccc1CCNC(=O)CN1CN(c2ccccc2)C2(CCN(C(=O)Nc3c(C)cccc3C)CC2)C1=O. The maximum Gasteiger partial charge on any atom is 0.321 e. The van der Waals surface area contributed by atoms with E-state index in [1.165, 1.54) is 0 Å². The number of amides is 4. The van der Waals surface area contributed by atoms with Crippen LogP contribution >= 0.6 is 0 Å². The molecule has 0 bridgehead atoms. The number of benzene rings is 3. The maximum atomic E-state index is 14.0. The monoisotopic (exact) mass is 569 g/mol. The quantitative estimate of drug-likeness (QED) is 0.421. The van der Waals surface area contributed by atoms with Crippen molar-refractivity contribution >= 4 is 29.2 Å². The Bertz CT molecular complexity index is 1420. The Kier molecular flexibility index (Phi) is 8.66. The second kappa shape index (κ2) is 12.5. The van der Waals surface area contributed by atoms with Gasteiger partial charge in [0.25, 0.3) is 5.91 Å². The minimum Gasteiger partial charge on any atom is -0.496 e. The van der Waals surface area contributed by atoms with Gasteiger partial charge < -0.3 is 30.1 Å². The van der Waals surface area contributed by atoms with E-state index in [0.717, 1.165) is 33.8 Å². The Labute approximate surface area is 247 Å². The molecule has 3 aromatic carbocycles. The second-order valence-corrected chi connectivity index (χ2v) is 11.0. The highest BCUT2D eigenvalue weighted by atomic mass is 16.5. The number of rotatable bonds is 8. The number of hydrogen-bond acceptors (Lipinski definition) is 5. The summed E-state index contributed by atoms with van der Waals surface area (Å²) in [5.41, 5.74) is 3.98. The van der Waals surface area contributed by atoms with Gasteiger partial charge in [0, 0.05) is 31.0 Å². The third-order valence-electron chi connectivity index (χ3n) is 8.42. The number of urea groups is 1. The Morgan fingerprint density at radius 3 is 2.26 bits per heavy atom. The summed E-state index contributed by atoms with van der Waals surface area (Å²) in [5, 5.41) is 6.03. The fourth-order valence-electron chi connectivity index (χ4n) is 6.08. The van der Waals surface area contributed by atoms with E-state index in [0.29, 0.717) is 45.6 Å². The van der Waals surface area contributed by atoms with Crippen molar-refractivity contribution in [3.8, 4) is 5.75 Å². The van der Waals surface area contributed by atoms with Crippen LogP contribution in [0.5, 0.6) is 5.75 Å². The highest BCUT2D eigenvalue weighted by Crippen LogP contribution is 2.39. The zero-order chi connectivity index (χ0) is 29.7. The van der Waals surface area contributed by atoms with Crippen molar-refractivity contribution in [3.05, 3.63) is 89.5 Å². The number of ether oxygens (including phenoxy) is 1. The van der Waals surface area contributed by atoms with Crippen molar-refractivity contribution in [1.82, 2.24) is 15.1 Å². The fraction of sp³-hybridized carbons (Fsp3) is 0.364. The molecule has 42 heavy (non-hydrogen) atoms. The molecule has 0 aromatic heterocycles. The maximum absolute atomic E-state index is 14.0. The number of hydrogen-bond donors (Lipinski definition) is 2. The second-order valence-electron chi connectivity index (χ2n) is 11.0. The Balaban J connectivity index is 1.25. The topological polar surface area (TPSA) is 94.2 Å². The molecule has 2 N–H and O–H groups in total. The summed E-state index contributed by atoms with van der Waals surface area (Å²) in [5.74, 6) is 0.519. The van der Waals surface area contributed by atoms with E-state index in [4.69, 9.17) is 4.74 Å². The van der Waals surface area contributed by atoms with Crippen molar-refractivity contribution in [2.24, 2.45) is 0 Å². The molecule has 3 aromatic rings. The van der Waals surface area contributed by atoms with Gasteiger partial charge in [0.1, 0.15) is 17.8 Å². The first-order chi connectivity index (χ1) is 20.3. The lowest BCUT2D eigenvalue weighted by molar-refractivity contribution is -0.137. The van der Waals surface area contributed by atoms with Crippen molar-refractivity contribution in [1.29, 1.82) is 0 Å². The van der Waals surface area contributed by atoms with Crippen LogP contribution in [0.25, 0.3) is 0 Å².